The first-order chi connectivity index (χ1) is 11.2. The van der Waals surface area contributed by atoms with Gasteiger partial charge in [0, 0.05) is 13.0 Å². The zero-order chi connectivity index (χ0) is 16.1. The molecular formula is C18H32O5. The van der Waals surface area contributed by atoms with Crippen LogP contribution >= 0.6 is 0 Å². The van der Waals surface area contributed by atoms with E-state index >= 15 is 0 Å². The van der Waals surface area contributed by atoms with Gasteiger partial charge >= 0.3 is 0 Å². The SMILES string of the molecule is CC(C)C1CCC(OC2CCC(OC3CCCCO3)CO2)CO1. The van der Waals surface area contributed by atoms with Crippen LogP contribution in [0.5, 0.6) is 0 Å². The van der Waals surface area contributed by atoms with Crippen molar-refractivity contribution in [2.75, 3.05) is 19.8 Å². The van der Waals surface area contributed by atoms with Crippen LogP contribution in [0.1, 0.15) is 58.8 Å². The van der Waals surface area contributed by atoms with Crippen molar-refractivity contribution in [1.82, 2.24) is 0 Å². The first-order valence-electron chi connectivity index (χ1n) is 9.36. The molecule has 3 heterocycles. The lowest BCUT2D eigenvalue weighted by Crippen LogP contribution is -2.41. The molecule has 0 spiro atoms. The molecule has 0 aliphatic carbocycles. The van der Waals surface area contributed by atoms with E-state index in [2.05, 4.69) is 13.8 Å². The maximum absolute atomic E-state index is 6.06. The molecule has 23 heavy (non-hydrogen) atoms. The van der Waals surface area contributed by atoms with Crippen molar-refractivity contribution in [3.8, 4) is 0 Å². The highest BCUT2D eigenvalue weighted by Crippen LogP contribution is 2.26. The summed E-state index contributed by atoms with van der Waals surface area (Å²) in [7, 11) is 0. The minimum atomic E-state index is -0.105. The van der Waals surface area contributed by atoms with Gasteiger partial charge in [-0.25, -0.2) is 0 Å². The number of hydrogen-bond donors (Lipinski definition) is 0. The molecule has 0 aromatic rings. The molecule has 3 saturated heterocycles. The fourth-order valence-corrected chi connectivity index (χ4v) is 3.55. The highest BCUT2D eigenvalue weighted by atomic mass is 16.7. The molecular weight excluding hydrogens is 296 g/mol. The Kier molecular flexibility index (Phi) is 6.72. The van der Waals surface area contributed by atoms with Crippen LogP contribution in [-0.2, 0) is 23.7 Å². The third-order valence-corrected chi connectivity index (χ3v) is 5.03. The van der Waals surface area contributed by atoms with Gasteiger partial charge in [0.15, 0.2) is 12.6 Å². The highest BCUT2D eigenvalue weighted by molar-refractivity contribution is 4.74. The first-order valence-corrected chi connectivity index (χ1v) is 9.36. The molecule has 0 bridgehead atoms. The van der Waals surface area contributed by atoms with E-state index in [1.807, 2.05) is 0 Å². The molecule has 3 fully saturated rings. The Morgan fingerprint density at radius 3 is 1.96 bits per heavy atom. The highest BCUT2D eigenvalue weighted by Gasteiger charge is 2.30. The first kappa shape index (κ1) is 17.6. The summed E-state index contributed by atoms with van der Waals surface area (Å²) in [6.07, 6.45) is 7.94. The fourth-order valence-electron chi connectivity index (χ4n) is 3.55. The molecule has 5 unspecified atom stereocenters. The lowest BCUT2D eigenvalue weighted by atomic mass is 9.98. The summed E-state index contributed by atoms with van der Waals surface area (Å²) in [5, 5.41) is 0. The maximum Gasteiger partial charge on any atom is 0.158 e. The summed E-state index contributed by atoms with van der Waals surface area (Å²) in [6, 6.07) is 0. The van der Waals surface area contributed by atoms with E-state index in [-0.39, 0.29) is 24.8 Å². The molecule has 3 aliphatic heterocycles. The second-order valence-electron chi connectivity index (χ2n) is 7.35. The number of ether oxygens (including phenoxy) is 5. The summed E-state index contributed by atoms with van der Waals surface area (Å²) >= 11 is 0. The van der Waals surface area contributed by atoms with E-state index in [9.17, 15) is 0 Å². The van der Waals surface area contributed by atoms with Gasteiger partial charge < -0.3 is 23.7 Å². The largest absolute Gasteiger partial charge is 0.375 e. The Hall–Kier alpha value is -0.200. The Bertz CT molecular complexity index is 326. The van der Waals surface area contributed by atoms with E-state index in [0.717, 1.165) is 45.1 Å². The molecule has 5 nitrogen and oxygen atoms in total. The average Bonchev–Trinajstić information content (AvgIpc) is 2.58. The summed E-state index contributed by atoms with van der Waals surface area (Å²) in [4.78, 5) is 0. The Labute approximate surface area is 139 Å². The molecule has 5 heteroatoms. The third-order valence-electron chi connectivity index (χ3n) is 5.03. The lowest BCUT2D eigenvalue weighted by molar-refractivity contribution is -0.258. The van der Waals surface area contributed by atoms with E-state index in [4.69, 9.17) is 23.7 Å². The molecule has 3 aliphatic rings. The van der Waals surface area contributed by atoms with Gasteiger partial charge in [-0.2, -0.15) is 0 Å². The van der Waals surface area contributed by atoms with Crippen LogP contribution in [0.2, 0.25) is 0 Å². The molecule has 0 aromatic carbocycles. The van der Waals surface area contributed by atoms with Crippen LogP contribution in [0.15, 0.2) is 0 Å². The van der Waals surface area contributed by atoms with Crippen molar-refractivity contribution in [1.29, 1.82) is 0 Å². The van der Waals surface area contributed by atoms with Gasteiger partial charge in [-0.05, 0) is 44.4 Å². The van der Waals surface area contributed by atoms with Crippen molar-refractivity contribution < 1.29 is 23.7 Å². The molecule has 0 radical (unpaired) electrons. The predicted octanol–water partition coefficient (Wildman–Crippen LogP) is 3.25. The minimum Gasteiger partial charge on any atom is -0.375 e. The second kappa shape index (κ2) is 8.77. The smallest absolute Gasteiger partial charge is 0.158 e. The van der Waals surface area contributed by atoms with Gasteiger partial charge in [0.25, 0.3) is 0 Å². The van der Waals surface area contributed by atoms with Crippen LogP contribution in [-0.4, -0.2) is 50.7 Å². The van der Waals surface area contributed by atoms with E-state index in [1.54, 1.807) is 0 Å². The normalized spacial score (nSPS) is 39.5. The van der Waals surface area contributed by atoms with Crippen LogP contribution in [0.25, 0.3) is 0 Å². The molecule has 0 aromatic heterocycles. The predicted molar refractivity (Wildman–Crippen MR) is 86.1 cm³/mol. The summed E-state index contributed by atoms with van der Waals surface area (Å²) in [5.41, 5.74) is 0. The number of hydrogen-bond acceptors (Lipinski definition) is 5. The Balaban J connectivity index is 1.32. The van der Waals surface area contributed by atoms with Crippen LogP contribution < -0.4 is 0 Å². The molecule has 0 saturated carbocycles. The Morgan fingerprint density at radius 2 is 1.43 bits per heavy atom. The maximum atomic E-state index is 6.06. The van der Waals surface area contributed by atoms with E-state index < -0.39 is 0 Å². The average molecular weight is 328 g/mol. The zero-order valence-corrected chi connectivity index (χ0v) is 14.6. The van der Waals surface area contributed by atoms with Crippen LogP contribution in [0, 0.1) is 5.92 Å². The fraction of sp³-hybridized carbons (Fsp3) is 1.00. The topological polar surface area (TPSA) is 46.2 Å². The van der Waals surface area contributed by atoms with Crippen LogP contribution in [0.4, 0.5) is 0 Å². The minimum absolute atomic E-state index is 0.0328. The van der Waals surface area contributed by atoms with Crippen molar-refractivity contribution in [3.05, 3.63) is 0 Å². The second-order valence-corrected chi connectivity index (χ2v) is 7.35. The summed E-state index contributed by atoms with van der Waals surface area (Å²) in [6.45, 7) is 6.55. The van der Waals surface area contributed by atoms with Gasteiger partial charge in [0.1, 0.15) is 0 Å². The number of rotatable bonds is 5. The van der Waals surface area contributed by atoms with Gasteiger partial charge in [0.05, 0.1) is 31.5 Å². The molecule has 0 N–H and O–H groups in total. The quantitative estimate of drug-likeness (QED) is 0.775. The van der Waals surface area contributed by atoms with E-state index in [1.165, 1.54) is 6.42 Å². The molecule has 134 valence electrons. The van der Waals surface area contributed by atoms with Crippen molar-refractivity contribution >= 4 is 0 Å². The van der Waals surface area contributed by atoms with Gasteiger partial charge in [-0.1, -0.05) is 13.8 Å². The van der Waals surface area contributed by atoms with Crippen LogP contribution in [0.3, 0.4) is 0 Å². The van der Waals surface area contributed by atoms with Gasteiger partial charge in [-0.3, -0.25) is 0 Å². The monoisotopic (exact) mass is 328 g/mol. The summed E-state index contributed by atoms with van der Waals surface area (Å²) < 4.78 is 29.4. The van der Waals surface area contributed by atoms with Crippen molar-refractivity contribution in [2.24, 2.45) is 5.92 Å². The van der Waals surface area contributed by atoms with Crippen molar-refractivity contribution in [2.45, 2.75) is 89.7 Å². The Morgan fingerprint density at radius 1 is 0.739 bits per heavy atom. The van der Waals surface area contributed by atoms with E-state index in [0.29, 0.717) is 25.2 Å². The standard InChI is InChI=1S/C18H32O5/c1-13(2)16-8-6-14(11-20-16)23-18-9-7-15(12-21-18)22-17-5-3-4-10-19-17/h13-18H,3-12H2,1-2H3. The lowest BCUT2D eigenvalue weighted by Gasteiger charge is -2.36. The molecule has 0 amide bonds. The zero-order valence-electron chi connectivity index (χ0n) is 14.6. The summed E-state index contributed by atoms with van der Waals surface area (Å²) in [5.74, 6) is 0.585. The third kappa shape index (κ3) is 5.40. The van der Waals surface area contributed by atoms with Gasteiger partial charge in [0.2, 0.25) is 0 Å². The molecule has 3 rings (SSSR count). The van der Waals surface area contributed by atoms with Crippen molar-refractivity contribution in [3.63, 3.8) is 0 Å². The molecule has 5 atom stereocenters. The van der Waals surface area contributed by atoms with Gasteiger partial charge in [-0.15, -0.1) is 0 Å².